The fourth-order valence-electron chi connectivity index (χ4n) is 5.41. The van der Waals surface area contributed by atoms with Crippen molar-refractivity contribution in [2.75, 3.05) is 49.9 Å². The first-order valence-electron chi connectivity index (χ1n) is 13.4. The number of rotatable bonds is 7. The molecule has 0 spiro atoms. The third-order valence-corrected chi connectivity index (χ3v) is 7.61. The van der Waals surface area contributed by atoms with Gasteiger partial charge < -0.3 is 29.7 Å². The molecule has 0 aliphatic carbocycles. The first kappa shape index (κ1) is 25.3. The maximum Gasteiger partial charge on any atom is 0.261 e. The number of nitrogens with two attached hydrogens (primary N) is 1. The Morgan fingerprint density at radius 3 is 2.73 bits per heavy atom. The molecule has 3 N–H and O–H groups in total. The number of nitrogens with one attached hydrogen (secondary N) is 1. The number of carbonyl (C=O) groups is 1. The van der Waals surface area contributed by atoms with Gasteiger partial charge in [0.25, 0.3) is 5.91 Å². The zero-order valence-electron chi connectivity index (χ0n) is 22.0. The number of nitrogen functional groups attached to an aromatic ring is 1. The number of anilines is 2. The number of carbonyl (C=O) groups excluding carboxylic acids is 1. The van der Waals surface area contributed by atoms with Crippen LogP contribution in [-0.2, 0) is 11.3 Å². The number of ether oxygens (including phenoxy) is 1. The van der Waals surface area contributed by atoms with Gasteiger partial charge in [-0.3, -0.25) is 9.69 Å². The number of imidazole rings is 1. The lowest BCUT2D eigenvalue weighted by Gasteiger charge is -2.36. The van der Waals surface area contributed by atoms with Crippen LogP contribution in [0.15, 0.2) is 47.3 Å². The van der Waals surface area contributed by atoms with E-state index in [9.17, 15) is 13.6 Å². The second kappa shape index (κ2) is 10.0. The van der Waals surface area contributed by atoms with Gasteiger partial charge in [0.15, 0.2) is 29.1 Å². The Bertz CT molecular complexity index is 1740. The molecule has 6 heterocycles. The van der Waals surface area contributed by atoms with Gasteiger partial charge in [-0.05, 0) is 18.2 Å². The largest absolute Gasteiger partial charge is 0.477 e. The van der Waals surface area contributed by atoms with Crippen LogP contribution in [0.3, 0.4) is 0 Å². The molecule has 0 unspecified atom stereocenters. The highest BCUT2D eigenvalue weighted by Crippen LogP contribution is 2.31. The van der Waals surface area contributed by atoms with E-state index in [1.165, 1.54) is 6.07 Å². The van der Waals surface area contributed by atoms with Gasteiger partial charge in [-0.15, -0.1) is 0 Å². The van der Waals surface area contributed by atoms with Crippen LogP contribution < -0.4 is 20.7 Å². The summed E-state index contributed by atoms with van der Waals surface area (Å²) in [6, 6.07) is 7.68. The van der Waals surface area contributed by atoms with Gasteiger partial charge in [0, 0.05) is 64.4 Å². The Labute approximate surface area is 232 Å². The van der Waals surface area contributed by atoms with Crippen molar-refractivity contribution in [3.8, 4) is 17.2 Å². The van der Waals surface area contributed by atoms with Crippen molar-refractivity contribution >= 4 is 34.2 Å². The summed E-state index contributed by atoms with van der Waals surface area (Å²) >= 11 is 0. The molecule has 2 fully saturated rings. The van der Waals surface area contributed by atoms with Gasteiger partial charge in [0.2, 0.25) is 5.95 Å². The van der Waals surface area contributed by atoms with Crippen LogP contribution >= 0.6 is 0 Å². The van der Waals surface area contributed by atoms with Gasteiger partial charge in [0.05, 0.1) is 18.3 Å². The van der Waals surface area contributed by atoms with Crippen molar-refractivity contribution in [2.45, 2.75) is 19.1 Å². The number of hydrogen-bond donors (Lipinski definition) is 2. The summed E-state index contributed by atoms with van der Waals surface area (Å²) in [5.41, 5.74) is 9.23. The molecule has 2 aliphatic rings. The van der Waals surface area contributed by atoms with E-state index in [0.717, 1.165) is 18.1 Å². The highest BCUT2D eigenvalue weighted by atomic mass is 19.1. The number of amides is 1. The first-order chi connectivity index (χ1) is 19.9. The molecule has 1 atom stereocenters. The second-order valence-electron chi connectivity index (χ2n) is 10.1. The minimum absolute atomic E-state index is 0.117. The van der Waals surface area contributed by atoms with E-state index in [1.54, 1.807) is 23.2 Å². The third-order valence-electron chi connectivity index (χ3n) is 7.61. The molecule has 1 aromatic carbocycles. The molecule has 2 saturated heterocycles. The normalized spacial score (nSPS) is 18.0. The molecular weight excluding hydrogens is 536 g/mol. The minimum Gasteiger partial charge on any atom is -0.477 e. The Morgan fingerprint density at radius 2 is 1.98 bits per heavy atom. The van der Waals surface area contributed by atoms with E-state index in [0.29, 0.717) is 68.3 Å². The zero-order chi connectivity index (χ0) is 28.1. The molecule has 5 aromatic rings. The quantitative estimate of drug-likeness (QED) is 0.306. The number of nitrogens with zero attached hydrogens (tertiary/aromatic N) is 7. The van der Waals surface area contributed by atoms with Crippen LogP contribution in [0.2, 0.25) is 0 Å². The topological polar surface area (TPSA) is 132 Å². The van der Waals surface area contributed by atoms with Crippen molar-refractivity contribution in [2.24, 2.45) is 0 Å². The molecule has 14 heteroatoms. The maximum atomic E-state index is 14.7. The SMILES string of the molecule is Nc1nc2c(ncn2CCN2CCN(c3cc(O[C@H]4CCNC4=O)c(F)cc3F)CC2)c2cc(-c3ccco3)nn12. The van der Waals surface area contributed by atoms with Crippen LogP contribution in [0.25, 0.3) is 28.1 Å². The number of fused-ring (bicyclic) bond motifs is 3. The molecule has 4 aromatic heterocycles. The number of hydrogen-bond acceptors (Lipinski definition) is 9. The number of piperazine rings is 1. The average molecular weight is 564 g/mol. The highest BCUT2D eigenvalue weighted by Gasteiger charge is 2.28. The second-order valence-corrected chi connectivity index (χ2v) is 10.1. The Hall–Kier alpha value is -4.72. The number of halogens is 2. The predicted molar refractivity (Wildman–Crippen MR) is 145 cm³/mol. The summed E-state index contributed by atoms with van der Waals surface area (Å²) in [7, 11) is 0. The maximum absolute atomic E-state index is 14.7. The van der Waals surface area contributed by atoms with Crippen LogP contribution in [0.1, 0.15) is 6.42 Å². The van der Waals surface area contributed by atoms with E-state index in [4.69, 9.17) is 14.9 Å². The van der Waals surface area contributed by atoms with E-state index in [-0.39, 0.29) is 23.3 Å². The fourth-order valence-corrected chi connectivity index (χ4v) is 5.41. The van der Waals surface area contributed by atoms with E-state index < -0.39 is 17.7 Å². The Kier molecular flexibility index (Phi) is 6.18. The molecule has 7 rings (SSSR count). The molecule has 41 heavy (non-hydrogen) atoms. The van der Waals surface area contributed by atoms with Crippen LogP contribution in [0.4, 0.5) is 20.4 Å². The molecule has 0 bridgehead atoms. The Balaban J connectivity index is 1.02. The van der Waals surface area contributed by atoms with Crippen molar-refractivity contribution in [1.29, 1.82) is 0 Å². The van der Waals surface area contributed by atoms with Crippen LogP contribution in [0, 0.1) is 11.6 Å². The lowest BCUT2D eigenvalue weighted by atomic mass is 10.2. The molecule has 1 amide bonds. The number of furan rings is 1. The van der Waals surface area contributed by atoms with Crippen LogP contribution in [-0.4, -0.2) is 80.3 Å². The minimum atomic E-state index is -0.822. The number of benzene rings is 1. The zero-order valence-corrected chi connectivity index (χ0v) is 22.0. The molecule has 0 saturated carbocycles. The van der Waals surface area contributed by atoms with Gasteiger partial charge >= 0.3 is 0 Å². The monoisotopic (exact) mass is 563 g/mol. The van der Waals surface area contributed by atoms with E-state index in [2.05, 4.69) is 25.3 Å². The lowest BCUT2D eigenvalue weighted by Crippen LogP contribution is -2.47. The summed E-state index contributed by atoms with van der Waals surface area (Å²) in [5, 5.41) is 7.16. The molecule has 0 radical (unpaired) electrons. The van der Waals surface area contributed by atoms with Crippen molar-refractivity contribution in [3.05, 3.63) is 54.6 Å². The third kappa shape index (κ3) is 4.59. The van der Waals surface area contributed by atoms with E-state index >= 15 is 0 Å². The summed E-state index contributed by atoms with van der Waals surface area (Å²) in [5.74, 6) is -1.01. The van der Waals surface area contributed by atoms with E-state index in [1.807, 2.05) is 21.6 Å². The summed E-state index contributed by atoms with van der Waals surface area (Å²) < 4.78 is 43.7. The molecule has 12 nitrogen and oxygen atoms in total. The van der Waals surface area contributed by atoms with Gasteiger partial charge in [-0.25, -0.2) is 13.8 Å². The molecule has 212 valence electrons. The number of aromatic nitrogens is 5. The highest BCUT2D eigenvalue weighted by molar-refractivity contribution is 5.90. The average Bonchev–Trinajstić information content (AvgIpc) is 3.77. The summed E-state index contributed by atoms with van der Waals surface area (Å²) in [4.78, 5) is 25.1. The Morgan fingerprint density at radius 1 is 1.12 bits per heavy atom. The summed E-state index contributed by atoms with van der Waals surface area (Å²) in [6.45, 7) is 4.28. The van der Waals surface area contributed by atoms with Crippen molar-refractivity contribution in [1.82, 2.24) is 34.4 Å². The van der Waals surface area contributed by atoms with Crippen molar-refractivity contribution < 1.29 is 22.7 Å². The van der Waals surface area contributed by atoms with Gasteiger partial charge in [0.1, 0.15) is 22.5 Å². The lowest BCUT2D eigenvalue weighted by molar-refractivity contribution is -0.125. The van der Waals surface area contributed by atoms with Gasteiger partial charge in [-0.2, -0.15) is 14.6 Å². The smallest absolute Gasteiger partial charge is 0.261 e. The van der Waals surface area contributed by atoms with Gasteiger partial charge in [-0.1, -0.05) is 0 Å². The van der Waals surface area contributed by atoms with Crippen molar-refractivity contribution in [3.63, 3.8) is 0 Å². The molecular formula is C27H27F2N9O3. The predicted octanol–water partition coefficient (Wildman–Crippen LogP) is 2.29. The summed E-state index contributed by atoms with van der Waals surface area (Å²) in [6.07, 6.45) is 3.00. The first-order valence-corrected chi connectivity index (χ1v) is 13.4. The molecule has 2 aliphatic heterocycles. The van der Waals surface area contributed by atoms with Crippen LogP contribution in [0.5, 0.6) is 5.75 Å². The standard InChI is InChI=1S/C27H27F2N9O3/c28-16-12-17(29)23(41-22-3-4-31-26(22)39)14-19(16)36-8-5-35(6-9-36)7-10-37-15-32-24-20-13-18(21-2-1-11-40-21)34-38(20)27(30)33-25(24)37/h1-2,11-15,22H,3-10H2,(H2,30,33)(H,31,39)/t22-/m0/s1. The fraction of sp³-hybridized carbons (Fsp3) is 0.333.